The molecule has 2 heterocycles. The van der Waals surface area contributed by atoms with Crippen molar-refractivity contribution < 1.29 is 4.39 Å². The van der Waals surface area contributed by atoms with Crippen LogP contribution in [0, 0.1) is 5.82 Å². The molecule has 0 aliphatic carbocycles. The average molecular weight is 334 g/mol. The maximum Gasteiger partial charge on any atom is 0.146 e. The van der Waals surface area contributed by atoms with Crippen LogP contribution in [0.3, 0.4) is 0 Å². The highest BCUT2D eigenvalue weighted by Gasteiger charge is 2.21. The lowest BCUT2D eigenvalue weighted by Crippen LogP contribution is -2.26. The van der Waals surface area contributed by atoms with Crippen LogP contribution in [-0.2, 0) is 6.54 Å². The van der Waals surface area contributed by atoms with E-state index in [2.05, 4.69) is 39.2 Å². The average Bonchev–Trinajstić information content (AvgIpc) is 2.80. The molecule has 25 heavy (non-hydrogen) atoms. The quantitative estimate of drug-likeness (QED) is 0.712. The molecule has 0 saturated carbocycles. The van der Waals surface area contributed by atoms with E-state index in [-0.39, 0.29) is 5.82 Å². The molecule has 0 radical (unpaired) electrons. The van der Waals surface area contributed by atoms with Crippen LogP contribution in [0.4, 0.5) is 15.8 Å². The Balaban J connectivity index is 1.81. The van der Waals surface area contributed by atoms with E-state index in [4.69, 9.17) is 0 Å². The first-order chi connectivity index (χ1) is 12.2. The Labute approximate surface area is 146 Å². The summed E-state index contributed by atoms with van der Waals surface area (Å²) >= 11 is 0. The fourth-order valence-electron chi connectivity index (χ4n) is 3.27. The normalized spacial score (nSPS) is 14.9. The Morgan fingerprint density at radius 1 is 0.960 bits per heavy atom. The number of rotatable bonds is 2. The zero-order chi connectivity index (χ0) is 17.2. The molecule has 0 spiro atoms. The number of likely N-dealkylation sites (N-methyl/N-ethyl adjacent to an activating group) is 1. The number of para-hydroxylation sites is 1. The summed E-state index contributed by atoms with van der Waals surface area (Å²) < 4.78 is 14.4. The van der Waals surface area contributed by atoms with Crippen molar-refractivity contribution in [1.29, 1.82) is 0 Å². The summed E-state index contributed by atoms with van der Waals surface area (Å²) in [4.78, 5) is 4.31. The second-order valence-corrected chi connectivity index (χ2v) is 6.29. The highest BCUT2D eigenvalue weighted by molar-refractivity contribution is 5.72. The van der Waals surface area contributed by atoms with Crippen molar-refractivity contribution in [3.05, 3.63) is 72.2 Å². The van der Waals surface area contributed by atoms with Crippen molar-refractivity contribution in [2.24, 2.45) is 0 Å². The molecular formula is C20H19FN4. The molecule has 4 rings (SSSR count). The Hall–Kier alpha value is -2.79. The first-order valence-electron chi connectivity index (χ1n) is 8.34. The van der Waals surface area contributed by atoms with Gasteiger partial charge in [-0.25, -0.2) is 4.39 Å². The van der Waals surface area contributed by atoms with E-state index in [0.29, 0.717) is 5.69 Å². The van der Waals surface area contributed by atoms with Crippen LogP contribution < -0.4 is 4.90 Å². The van der Waals surface area contributed by atoms with E-state index < -0.39 is 0 Å². The number of halogens is 1. The van der Waals surface area contributed by atoms with Crippen molar-refractivity contribution in [3.63, 3.8) is 0 Å². The van der Waals surface area contributed by atoms with Gasteiger partial charge in [-0.3, -0.25) is 0 Å². The summed E-state index contributed by atoms with van der Waals surface area (Å²) in [6.45, 7) is 2.42. The van der Waals surface area contributed by atoms with Crippen LogP contribution in [0.15, 0.2) is 60.8 Å². The monoisotopic (exact) mass is 334 g/mol. The molecule has 126 valence electrons. The third-order valence-corrected chi connectivity index (χ3v) is 4.53. The Morgan fingerprint density at radius 2 is 1.84 bits per heavy atom. The molecule has 0 bridgehead atoms. The zero-order valence-corrected chi connectivity index (χ0v) is 14.1. The van der Waals surface area contributed by atoms with E-state index in [9.17, 15) is 4.39 Å². The zero-order valence-electron chi connectivity index (χ0n) is 14.1. The number of benzene rings is 2. The predicted octanol–water partition coefficient (Wildman–Crippen LogP) is 3.87. The second kappa shape index (κ2) is 6.61. The topological polar surface area (TPSA) is 32.3 Å². The van der Waals surface area contributed by atoms with Gasteiger partial charge in [0.1, 0.15) is 5.82 Å². The minimum atomic E-state index is -0.198. The molecule has 1 aliphatic rings. The van der Waals surface area contributed by atoms with Gasteiger partial charge < -0.3 is 9.80 Å². The van der Waals surface area contributed by atoms with Gasteiger partial charge in [-0.05, 0) is 49.0 Å². The van der Waals surface area contributed by atoms with Gasteiger partial charge in [0, 0.05) is 37.1 Å². The SMILES string of the molecule is CN1CCN(c2ccccc2F)c2ccc(-c3cccnn3)cc2C1. The summed E-state index contributed by atoms with van der Waals surface area (Å²) in [5.41, 5.74) is 4.69. The summed E-state index contributed by atoms with van der Waals surface area (Å²) in [5.74, 6) is -0.198. The molecule has 0 unspecified atom stereocenters. The molecule has 3 aromatic rings. The first-order valence-corrected chi connectivity index (χ1v) is 8.34. The summed E-state index contributed by atoms with van der Waals surface area (Å²) in [6, 6.07) is 17.0. The van der Waals surface area contributed by atoms with E-state index in [0.717, 1.165) is 42.1 Å². The Morgan fingerprint density at radius 3 is 2.64 bits per heavy atom. The Bertz CT molecular complexity index is 882. The van der Waals surface area contributed by atoms with Crippen LogP contribution in [-0.4, -0.2) is 35.2 Å². The number of anilines is 2. The fourth-order valence-corrected chi connectivity index (χ4v) is 3.27. The minimum absolute atomic E-state index is 0.198. The standard InChI is InChI=1S/C20H19FN4/c1-24-11-12-25(20-7-3-2-5-17(20)21)19-9-8-15(13-16(19)14-24)18-6-4-10-22-23-18/h2-10,13H,11-12,14H2,1H3. The molecule has 1 aliphatic heterocycles. The highest BCUT2D eigenvalue weighted by Crippen LogP contribution is 2.35. The summed E-state index contributed by atoms with van der Waals surface area (Å²) in [7, 11) is 2.09. The molecule has 0 saturated heterocycles. The van der Waals surface area contributed by atoms with Gasteiger partial charge in [-0.15, -0.1) is 0 Å². The van der Waals surface area contributed by atoms with E-state index in [1.54, 1.807) is 12.3 Å². The van der Waals surface area contributed by atoms with Gasteiger partial charge >= 0.3 is 0 Å². The van der Waals surface area contributed by atoms with Crippen molar-refractivity contribution in [2.75, 3.05) is 25.0 Å². The van der Waals surface area contributed by atoms with E-state index in [1.807, 2.05) is 30.3 Å². The lowest BCUT2D eigenvalue weighted by Gasteiger charge is -2.25. The van der Waals surface area contributed by atoms with Gasteiger partial charge in [0.2, 0.25) is 0 Å². The van der Waals surface area contributed by atoms with Gasteiger partial charge in [-0.1, -0.05) is 18.2 Å². The summed E-state index contributed by atoms with van der Waals surface area (Å²) in [6.07, 6.45) is 1.67. The second-order valence-electron chi connectivity index (χ2n) is 6.29. The molecule has 2 aromatic carbocycles. The summed E-state index contributed by atoms with van der Waals surface area (Å²) in [5, 5.41) is 8.15. The molecule has 0 amide bonds. The van der Waals surface area contributed by atoms with Gasteiger partial charge in [0.15, 0.2) is 0 Å². The molecule has 0 fully saturated rings. The highest BCUT2D eigenvalue weighted by atomic mass is 19.1. The smallest absolute Gasteiger partial charge is 0.146 e. The number of hydrogen-bond acceptors (Lipinski definition) is 4. The van der Waals surface area contributed by atoms with Crippen LogP contribution >= 0.6 is 0 Å². The lowest BCUT2D eigenvalue weighted by molar-refractivity contribution is 0.343. The number of nitrogens with zero attached hydrogens (tertiary/aromatic N) is 4. The maximum absolute atomic E-state index is 14.4. The maximum atomic E-state index is 14.4. The molecule has 0 atom stereocenters. The van der Waals surface area contributed by atoms with E-state index in [1.165, 1.54) is 6.07 Å². The largest absolute Gasteiger partial charge is 0.338 e. The van der Waals surface area contributed by atoms with Gasteiger partial charge in [0.05, 0.1) is 11.4 Å². The van der Waals surface area contributed by atoms with Crippen LogP contribution in [0.5, 0.6) is 0 Å². The minimum Gasteiger partial charge on any atom is -0.338 e. The molecular weight excluding hydrogens is 315 g/mol. The third kappa shape index (κ3) is 3.10. The molecule has 1 aromatic heterocycles. The van der Waals surface area contributed by atoms with Crippen molar-refractivity contribution in [3.8, 4) is 11.3 Å². The van der Waals surface area contributed by atoms with Gasteiger partial charge in [0.25, 0.3) is 0 Å². The Kier molecular flexibility index (Phi) is 4.15. The predicted molar refractivity (Wildman–Crippen MR) is 97.2 cm³/mol. The number of hydrogen-bond donors (Lipinski definition) is 0. The third-order valence-electron chi connectivity index (χ3n) is 4.53. The van der Waals surface area contributed by atoms with Gasteiger partial charge in [-0.2, -0.15) is 10.2 Å². The van der Waals surface area contributed by atoms with Crippen LogP contribution in [0.2, 0.25) is 0 Å². The van der Waals surface area contributed by atoms with E-state index >= 15 is 0 Å². The van der Waals surface area contributed by atoms with Crippen molar-refractivity contribution >= 4 is 11.4 Å². The van der Waals surface area contributed by atoms with Crippen LogP contribution in [0.25, 0.3) is 11.3 Å². The number of fused-ring (bicyclic) bond motifs is 1. The first kappa shape index (κ1) is 15.7. The lowest BCUT2D eigenvalue weighted by atomic mass is 10.0. The van der Waals surface area contributed by atoms with Crippen molar-refractivity contribution in [1.82, 2.24) is 15.1 Å². The molecule has 4 nitrogen and oxygen atoms in total. The van der Waals surface area contributed by atoms with Crippen molar-refractivity contribution in [2.45, 2.75) is 6.54 Å². The number of aromatic nitrogens is 2. The molecule has 0 N–H and O–H groups in total. The molecule has 5 heteroatoms. The van der Waals surface area contributed by atoms with Crippen LogP contribution in [0.1, 0.15) is 5.56 Å². The fraction of sp³-hybridized carbons (Fsp3) is 0.200.